The molecule has 1 fully saturated rings. The SMILES string of the molecule is Clc1cccnc1-c1ncc(CNC2CC2)cn1. The fourth-order valence-corrected chi connectivity index (χ4v) is 1.87. The van der Waals surface area contributed by atoms with Gasteiger partial charge in [-0.15, -0.1) is 0 Å². The highest BCUT2D eigenvalue weighted by Gasteiger charge is 2.20. The van der Waals surface area contributed by atoms with E-state index < -0.39 is 0 Å². The molecule has 1 N–H and O–H groups in total. The number of halogens is 1. The number of rotatable bonds is 4. The van der Waals surface area contributed by atoms with E-state index in [1.807, 2.05) is 12.4 Å². The zero-order valence-corrected chi connectivity index (χ0v) is 10.6. The third-order valence-electron chi connectivity index (χ3n) is 2.85. The second-order valence-corrected chi connectivity index (χ2v) is 4.81. The molecule has 1 aliphatic carbocycles. The lowest BCUT2D eigenvalue weighted by atomic mass is 10.3. The van der Waals surface area contributed by atoms with Crippen LogP contribution in [0.1, 0.15) is 18.4 Å². The maximum absolute atomic E-state index is 6.05. The van der Waals surface area contributed by atoms with E-state index in [1.54, 1.807) is 18.3 Å². The Hall–Kier alpha value is -1.52. The summed E-state index contributed by atoms with van der Waals surface area (Å²) in [6, 6.07) is 4.27. The zero-order chi connectivity index (χ0) is 12.4. The summed E-state index contributed by atoms with van der Waals surface area (Å²) in [7, 11) is 0. The van der Waals surface area contributed by atoms with Gasteiger partial charge in [-0.1, -0.05) is 11.6 Å². The van der Waals surface area contributed by atoms with E-state index in [-0.39, 0.29) is 0 Å². The molecule has 0 saturated heterocycles. The summed E-state index contributed by atoms with van der Waals surface area (Å²) in [6.45, 7) is 0.820. The quantitative estimate of drug-likeness (QED) is 0.917. The summed E-state index contributed by atoms with van der Waals surface area (Å²) in [5.74, 6) is 0.566. The highest BCUT2D eigenvalue weighted by atomic mass is 35.5. The first-order chi connectivity index (χ1) is 8.83. The minimum absolute atomic E-state index is 0.566. The van der Waals surface area contributed by atoms with Crippen LogP contribution >= 0.6 is 11.6 Å². The van der Waals surface area contributed by atoms with Crippen LogP contribution in [0.2, 0.25) is 5.02 Å². The Labute approximate surface area is 110 Å². The van der Waals surface area contributed by atoms with Crippen molar-refractivity contribution in [3.8, 4) is 11.5 Å². The molecule has 2 aromatic heterocycles. The maximum Gasteiger partial charge on any atom is 0.179 e. The first kappa shape index (κ1) is 11.6. The van der Waals surface area contributed by atoms with Crippen molar-refractivity contribution >= 4 is 11.6 Å². The van der Waals surface area contributed by atoms with Gasteiger partial charge in [-0.05, 0) is 25.0 Å². The molecule has 5 heteroatoms. The van der Waals surface area contributed by atoms with Crippen molar-refractivity contribution in [1.82, 2.24) is 20.3 Å². The number of nitrogens with one attached hydrogen (secondary N) is 1. The van der Waals surface area contributed by atoms with Crippen molar-refractivity contribution in [3.05, 3.63) is 41.3 Å². The van der Waals surface area contributed by atoms with Gasteiger partial charge in [0, 0.05) is 36.7 Å². The van der Waals surface area contributed by atoms with Crippen LogP contribution in [0.25, 0.3) is 11.5 Å². The number of hydrogen-bond donors (Lipinski definition) is 1. The monoisotopic (exact) mass is 260 g/mol. The van der Waals surface area contributed by atoms with E-state index in [1.165, 1.54) is 12.8 Å². The first-order valence-electron chi connectivity index (χ1n) is 5.98. The van der Waals surface area contributed by atoms with Gasteiger partial charge < -0.3 is 5.32 Å². The van der Waals surface area contributed by atoms with E-state index in [9.17, 15) is 0 Å². The fourth-order valence-electron chi connectivity index (χ4n) is 1.67. The molecule has 0 unspecified atom stereocenters. The van der Waals surface area contributed by atoms with Crippen LogP contribution in [0.3, 0.4) is 0 Å². The van der Waals surface area contributed by atoms with Crippen molar-refractivity contribution in [2.45, 2.75) is 25.4 Å². The maximum atomic E-state index is 6.05. The molecule has 0 amide bonds. The zero-order valence-electron chi connectivity index (χ0n) is 9.81. The van der Waals surface area contributed by atoms with Crippen molar-refractivity contribution in [2.75, 3.05) is 0 Å². The molecule has 0 spiro atoms. The van der Waals surface area contributed by atoms with Gasteiger partial charge >= 0.3 is 0 Å². The van der Waals surface area contributed by atoms with Crippen molar-refractivity contribution in [3.63, 3.8) is 0 Å². The lowest BCUT2D eigenvalue weighted by Crippen LogP contribution is -2.15. The number of aromatic nitrogens is 3. The summed E-state index contributed by atoms with van der Waals surface area (Å²) in [5, 5.41) is 3.99. The fraction of sp³-hybridized carbons (Fsp3) is 0.308. The summed E-state index contributed by atoms with van der Waals surface area (Å²) >= 11 is 6.05. The molecule has 0 radical (unpaired) electrons. The van der Waals surface area contributed by atoms with Gasteiger partial charge in [-0.25, -0.2) is 9.97 Å². The molecule has 3 rings (SSSR count). The predicted molar refractivity (Wildman–Crippen MR) is 70.1 cm³/mol. The van der Waals surface area contributed by atoms with Gasteiger partial charge in [-0.3, -0.25) is 4.98 Å². The summed E-state index contributed by atoms with van der Waals surface area (Å²) < 4.78 is 0. The second-order valence-electron chi connectivity index (χ2n) is 4.40. The third kappa shape index (κ3) is 2.66. The number of hydrogen-bond acceptors (Lipinski definition) is 4. The Morgan fingerprint density at radius 2 is 2.00 bits per heavy atom. The molecule has 0 atom stereocenters. The van der Waals surface area contributed by atoms with Gasteiger partial charge in [0.25, 0.3) is 0 Å². The van der Waals surface area contributed by atoms with Gasteiger partial charge in [0.15, 0.2) is 5.82 Å². The molecule has 1 aliphatic rings. The predicted octanol–water partition coefficient (Wildman–Crippen LogP) is 2.44. The van der Waals surface area contributed by atoms with Gasteiger partial charge in [0.05, 0.1) is 5.02 Å². The van der Waals surface area contributed by atoms with E-state index in [0.717, 1.165) is 12.1 Å². The molecule has 18 heavy (non-hydrogen) atoms. The summed E-state index contributed by atoms with van der Waals surface area (Å²) in [5.41, 5.74) is 1.71. The molecule has 0 aromatic carbocycles. The minimum atomic E-state index is 0.566. The average molecular weight is 261 g/mol. The molecular weight excluding hydrogens is 248 g/mol. The van der Waals surface area contributed by atoms with Crippen LogP contribution in [0.5, 0.6) is 0 Å². The molecule has 0 bridgehead atoms. The topological polar surface area (TPSA) is 50.7 Å². The largest absolute Gasteiger partial charge is 0.310 e. The Bertz CT molecular complexity index is 537. The highest BCUT2D eigenvalue weighted by Crippen LogP contribution is 2.22. The molecular formula is C13H13ClN4. The smallest absolute Gasteiger partial charge is 0.179 e. The molecule has 4 nitrogen and oxygen atoms in total. The second kappa shape index (κ2) is 5.00. The highest BCUT2D eigenvalue weighted by molar-refractivity contribution is 6.32. The van der Waals surface area contributed by atoms with Crippen molar-refractivity contribution < 1.29 is 0 Å². The lowest BCUT2D eigenvalue weighted by Gasteiger charge is -2.04. The minimum Gasteiger partial charge on any atom is -0.310 e. The Kier molecular flexibility index (Phi) is 3.21. The van der Waals surface area contributed by atoms with Crippen LogP contribution in [0.15, 0.2) is 30.7 Å². The molecule has 0 aliphatic heterocycles. The molecule has 2 aromatic rings. The van der Waals surface area contributed by atoms with Crippen LogP contribution in [-0.2, 0) is 6.54 Å². The van der Waals surface area contributed by atoms with E-state index in [4.69, 9.17) is 11.6 Å². The summed E-state index contributed by atoms with van der Waals surface area (Å²) in [4.78, 5) is 12.8. The van der Waals surface area contributed by atoms with E-state index in [0.29, 0.717) is 22.6 Å². The van der Waals surface area contributed by atoms with Gasteiger partial charge in [0.1, 0.15) is 5.69 Å². The van der Waals surface area contributed by atoms with Crippen LogP contribution in [0, 0.1) is 0 Å². The lowest BCUT2D eigenvalue weighted by molar-refractivity contribution is 0.683. The molecule has 1 saturated carbocycles. The average Bonchev–Trinajstić information content (AvgIpc) is 3.22. The summed E-state index contributed by atoms with van der Waals surface area (Å²) in [6.07, 6.45) is 7.89. The third-order valence-corrected chi connectivity index (χ3v) is 3.15. The van der Waals surface area contributed by atoms with Crippen LogP contribution in [-0.4, -0.2) is 21.0 Å². The van der Waals surface area contributed by atoms with Gasteiger partial charge in [0.2, 0.25) is 0 Å². The van der Waals surface area contributed by atoms with Gasteiger partial charge in [-0.2, -0.15) is 0 Å². The normalized spacial score (nSPS) is 14.7. The first-order valence-corrected chi connectivity index (χ1v) is 6.36. The van der Waals surface area contributed by atoms with Crippen LogP contribution in [0.4, 0.5) is 0 Å². The van der Waals surface area contributed by atoms with E-state index in [2.05, 4.69) is 20.3 Å². The van der Waals surface area contributed by atoms with Crippen molar-refractivity contribution in [1.29, 1.82) is 0 Å². The molecule has 92 valence electrons. The van der Waals surface area contributed by atoms with E-state index >= 15 is 0 Å². The Morgan fingerprint density at radius 3 is 2.67 bits per heavy atom. The van der Waals surface area contributed by atoms with Crippen LogP contribution < -0.4 is 5.32 Å². The molecule has 2 heterocycles. The Balaban J connectivity index is 1.75. The number of pyridine rings is 1. The Morgan fingerprint density at radius 1 is 1.22 bits per heavy atom. The van der Waals surface area contributed by atoms with Crippen molar-refractivity contribution in [2.24, 2.45) is 0 Å². The number of nitrogens with zero attached hydrogens (tertiary/aromatic N) is 3. The standard InChI is InChI=1S/C13H13ClN4/c14-11-2-1-5-15-12(11)13-17-7-9(8-18-13)6-16-10-3-4-10/h1-2,5,7-8,10,16H,3-4,6H2.